The SMILES string of the molecule is CCOC(=O)[C@@H](C)Nc1ccc2oc(C3CC3)nc2c1. The molecule has 0 unspecified atom stereocenters. The second-order valence-corrected chi connectivity index (χ2v) is 5.13. The number of anilines is 1. The lowest BCUT2D eigenvalue weighted by atomic mass is 10.2. The molecule has 1 aromatic heterocycles. The maximum atomic E-state index is 11.6. The van der Waals surface area contributed by atoms with Gasteiger partial charge in [0.15, 0.2) is 11.5 Å². The highest BCUT2D eigenvalue weighted by Gasteiger charge is 2.28. The predicted molar refractivity (Wildman–Crippen MR) is 75.7 cm³/mol. The number of nitrogens with zero attached hydrogens (tertiary/aromatic N) is 1. The second-order valence-electron chi connectivity index (χ2n) is 5.13. The minimum atomic E-state index is -0.387. The van der Waals surface area contributed by atoms with Gasteiger partial charge in [-0.2, -0.15) is 0 Å². The molecule has 1 heterocycles. The van der Waals surface area contributed by atoms with Crippen molar-refractivity contribution in [2.45, 2.75) is 38.6 Å². The van der Waals surface area contributed by atoms with Crippen molar-refractivity contribution in [3.63, 3.8) is 0 Å². The summed E-state index contributed by atoms with van der Waals surface area (Å²) in [6.07, 6.45) is 2.33. The van der Waals surface area contributed by atoms with Crippen molar-refractivity contribution in [3.8, 4) is 0 Å². The Balaban J connectivity index is 1.76. The third-order valence-corrected chi connectivity index (χ3v) is 3.35. The lowest BCUT2D eigenvalue weighted by molar-refractivity contribution is -0.143. The molecule has 0 aliphatic heterocycles. The Morgan fingerprint density at radius 3 is 3.05 bits per heavy atom. The molecule has 1 aliphatic carbocycles. The molecule has 1 aliphatic rings. The summed E-state index contributed by atoms with van der Waals surface area (Å²) in [6, 6.07) is 5.29. The molecule has 3 rings (SSSR count). The summed E-state index contributed by atoms with van der Waals surface area (Å²) in [5, 5.41) is 3.12. The van der Waals surface area contributed by atoms with Crippen molar-refractivity contribution in [2.24, 2.45) is 0 Å². The molecule has 106 valence electrons. The molecular weight excluding hydrogens is 256 g/mol. The van der Waals surface area contributed by atoms with Crippen molar-refractivity contribution < 1.29 is 13.9 Å². The molecule has 0 saturated heterocycles. The fourth-order valence-electron chi connectivity index (χ4n) is 2.12. The number of ether oxygens (including phenoxy) is 1. The van der Waals surface area contributed by atoms with E-state index in [2.05, 4.69) is 10.3 Å². The number of carbonyl (C=O) groups excluding carboxylic acids is 1. The first kappa shape index (κ1) is 13.0. The summed E-state index contributed by atoms with van der Waals surface area (Å²) >= 11 is 0. The van der Waals surface area contributed by atoms with E-state index in [1.54, 1.807) is 13.8 Å². The Bertz CT molecular complexity index is 631. The fourth-order valence-corrected chi connectivity index (χ4v) is 2.12. The van der Waals surface area contributed by atoms with E-state index in [1.165, 1.54) is 0 Å². The number of carbonyl (C=O) groups is 1. The summed E-state index contributed by atoms with van der Waals surface area (Å²) < 4.78 is 10.7. The molecule has 0 bridgehead atoms. The number of nitrogens with one attached hydrogen (secondary N) is 1. The Hall–Kier alpha value is -2.04. The van der Waals surface area contributed by atoms with Gasteiger partial charge in [-0.1, -0.05) is 0 Å². The van der Waals surface area contributed by atoms with Crippen LogP contribution in [0.25, 0.3) is 11.1 Å². The van der Waals surface area contributed by atoms with E-state index in [0.717, 1.165) is 35.5 Å². The predicted octanol–water partition coefficient (Wildman–Crippen LogP) is 3.07. The average molecular weight is 274 g/mol. The molecule has 0 spiro atoms. The molecule has 0 radical (unpaired) electrons. The summed E-state index contributed by atoms with van der Waals surface area (Å²) in [4.78, 5) is 16.1. The minimum Gasteiger partial charge on any atom is -0.464 e. The van der Waals surface area contributed by atoms with E-state index in [9.17, 15) is 4.79 Å². The van der Waals surface area contributed by atoms with Crippen LogP contribution < -0.4 is 5.32 Å². The molecule has 2 aromatic rings. The van der Waals surface area contributed by atoms with Crippen LogP contribution in [0.3, 0.4) is 0 Å². The van der Waals surface area contributed by atoms with Crippen LogP contribution in [0.1, 0.15) is 38.5 Å². The standard InChI is InChI=1S/C15H18N2O3/c1-3-19-15(18)9(2)16-11-6-7-13-12(8-11)17-14(20-13)10-4-5-10/h6-10,16H,3-5H2,1-2H3/t9-/m1/s1. The first-order valence-electron chi connectivity index (χ1n) is 7.01. The maximum Gasteiger partial charge on any atom is 0.328 e. The van der Waals surface area contributed by atoms with Crippen molar-refractivity contribution in [1.82, 2.24) is 4.98 Å². The quantitative estimate of drug-likeness (QED) is 0.849. The van der Waals surface area contributed by atoms with Crippen molar-refractivity contribution in [2.75, 3.05) is 11.9 Å². The van der Waals surface area contributed by atoms with Gasteiger partial charge in [0.2, 0.25) is 0 Å². The Morgan fingerprint density at radius 2 is 2.35 bits per heavy atom. The molecule has 0 amide bonds. The van der Waals surface area contributed by atoms with E-state index in [4.69, 9.17) is 9.15 Å². The Labute approximate surface area is 117 Å². The number of hydrogen-bond acceptors (Lipinski definition) is 5. The van der Waals surface area contributed by atoms with Gasteiger partial charge in [-0.15, -0.1) is 0 Å². The topological polar surface area (TPSA) is 64.4 Å². The first-order chi connectivity index (χ1) is 9.67. The highest BCUT2D eigenvalue weighted by Crippen LogP contribution is 2.40. The Kier molecular flexibility index (Phi) is 3.34. The second kappa shape index (κ2) is 5.15. The molecular formula is C15H18N2O3. The number of esters is 1. The molecule has 1 atom stereocenters. The van der Waals surface area contributed by atoms with E-state index in [-0.39, 0.29) is 12.0 Å². The molecule has 1 aromatic carbocycles. The van der Waals surface area contributed by atoms with Crippen LogP contribution in [0.2, 0.25) is 0 Å². The molecule has 1 saturated carbocycles. The number of aromatic nitrogens is 1. The highest BCUT2D eigenvalue weighted by molar-refractivity contribution is 5.82. The third-order valence-electron chi connectivity index (χ3n) is 3.35. The van der Waals surface area contributed by atoms with Crippen molar-refractivity contribution in [3.05, 3.63) is 24.1 Å². The number of hydrogen-bond donors (Lipinski definition) is 1. The summed E-state index contributed by atoms with van der Waals surface area (Å²) in [6.45, 7) is 3.96. The van der Waals surface area contributed by atoms with Crippen LogP contribution in [-0.4, -0.2) is 23.6 Å². The number of fused-ring (bicyclic) bond motifs is 1. The fraction of sp³-hybridized carbons (Fsp3) is 0.467. The van der Waals surface area contributed by atoms with E-state index in [1.807, 2.05) is 18.2 Å². The largest absolute Gasteiger partial charge is 0.464 e. The van der Waals surface area contributed by atoms with E-state index < -0.39 is 0 Å². The van der Waals surface area contributed by atoms with Crippen LogP contribution in [0.15, 0.2) is 22.6 Å². The molecule has 5 nitrogen and oxygen atoms in total. The smallest absolute Gasteiger partial charge is 0.328 e. The van der Waals surface area contributed by atoms with Gasteiger partial charge in [0, 0.05) is 11.6 Å². The average Bonchev–Trinajstić information content (AvgIpc) is 3.19. The summed E-state index contributed by atoms with van der Waals surface area (Å²) in [5.41, 5.74) is 2.46. The number of benzene rings is 1. The summed E-state index contributed by atoms with van der Waals surface area (Å²) in [7, 11) is 0. The summed E-state index contributed by atoms with van der Waals surface area (Å²) in [5.74, 6) is 1.07. The normalized spacial score (nSPS) is 16.1. The molecule has 5 heteroatoms. The lowest BCUT2D eigenvalue weighted by Crippen LogP contribution is -2.28. The van der Waals surface area contributed by atoms with Gasteiger partial charge in [-0.3, -0.25) is 0 Å². The van der Waals surface area contributed by atoms with E-state index >= 15 is 0 Å². The first-order valence-corrected chi connectivity index (χ1v) is 7.01. The molecule has 20 heavy (non-hydrogen) atoms. The maximum absolute atomic E-state index is 11.6. The van der Waals surface area contributed by atoms with Gasteiger partial charge in [-0.05, 0) is 44.9 Å². The Morgan fingerprint density at radius 1 is 1.55 bits per heavy atom. The van der Waals surface area contributed by atoms with Gasteiger partial charge in [-0.25, -0.2) is 9.78 Å². The third kappa shape index (κ3) is 2.61. The van der Waals surface area contributed by atoms with Crippen LogP contribution >= 0.6 is 0 Å². The van der Waals surface area contributed by atoms with Crippen molar-refractivity contribution in [1.29, 1.82) is 0 Å². The zero-order chi connectivity index (χ0) is 14.1. The van der Waals surface area contributed by atoms with Crippen molar-refractivity contribution >= 4 is 22.8 Å². The minimum absolute atomic E-state index is 0.258. The van der Waals surface area contributed by atoms with Crippen LogP contribution in [0.4, 0.5) is 5.69 Å². The van der Waals surface area contributed by atoms with Gasteiger partial charge < -0.3 is 14.5 Å². The van der Waals surface area contributed by atoms with Gasteiger partial charge >= 0.3 is 5.97 Å². The van der Waals surface area contributed by atoms with Gasteiger partial charge in [0.1, 0.15) is 11.6 Å². The van der Waals surface area contributed by atoms with Gasteiger partial charge in [0.25, 0.3) is 0 Å². The zero-order valence-electron chi connectivity index (χ0n) is 11.7. The zero-order valence-corrected chi connectivity index (χ0v) is 11.7. The van der Waals surface area contributed by atoms with Crippen LogP contribution in [0, 0.1) is 0 Å². The number of rotatable bonds is 5. The van der Waals surface area contributed by atoms with E-state index in [0.29, 0.717) is 12.5 Å². The lowest BCUT2D eigenvalue weighted by Gasteiger charge is -2.13. The van der Waals surface area contributed by atoms with Crippen LogP contribution in [-0.2, 0) is 9.53 Å². The molecule has 1 fully saturated rings. The van der Waals surface area contributed by atoms with Crippen LogP contribution in [0.5, 0.6) is 0 Å². The van der Waals surface area contributed by atoms with Gasteiger partial charge in [0.05, 0.1) is 6.61 Å². The highest BCUT2D eigenvalue weighted by atomic mass is 16.5. The monoisotopic (exact) mass is 274 g/mol. The number of oxazole rings is 1. The molecule has 1 N–H and O–H groups in total.